The van der Waals surface area contributed by atoms with Crippen molar-refractivity contribution in [3.63, 3.8) is 0 Å². The third-order valence-corrected chi connectivity index (χ3v) is 19.3. The summed E-state index contributed by atoms with van der Waals surface area (Å²) in [5.74, 6) is 3.14. The lowest BCUT2D eigenvalue weighted by molar-refractivity contribution is -0.294. The highest BCUT2D eigenvalue weighted by molar-refractivity contribution is 6.90. The second-order valence-corrected chi connectivity index (χ2v) is 21.9. The molecule has 0 aliphatic heterocycles. The average molecular weight is 459 g/mol. The normalized spacial score (nSPS) is 16.6. The Hall–Kier alpha value is -0.166. The van der Waals surface area contributed by atoms with Crippen LogP contribution in [-0.2, 0) is 9.46 Å². The van der Waals surface area contributed by atoms with Crippen LogP contribution in [0.25, 0.3) is 0 Å². The second-order valence-electron chi connectivity index (χ2n) is 11.0. The summed E-state index contributed by atoms with van der Waals surface area (Å²) in [4.78, 5) is 5.83. The molecule has 0 spiro atoms. The number of aliphatic hydroxyl groups is 2. The molecule has 0 radical (unpaired) electrons. The maximum Gasteiger partial charge on any atom is 0.246 e. The Morgan fingerprint density at radius 1 is 0.733 bits per heavy atom. The van der Waals surface area contributed by atoms with E-state index in [1.807, 2.05) is 0 Å². The summed E-state index contributed by atoms with van der Waals surface area (Å²) in [6.45, 7) is 27.8. The molecule has 0 aliphatic rings. The van der Waals surface area contributed by atoms with Crippen LogP contribution in [0.4, 0.5) is 0 Å². The van der Waals surface area contributed by atoms with E-state index in [1.54, 1.807) is 6.92 Å². The van der Waals surface area contributed by atoms with Crippen molar-refractivity contribution in [2.24, 2.45) is 0 Å². The lowest BCUT2D eigenvalue weighted by Gasteiger charge is -2.42. The molecule has 178 valence electrons. The van der Waals surface area contributed by atoms with E-state index >= 15 is 0 Å². The second kappa shape index (κ2) is 11.6. The number of aliphatic hydroxyl groups excluding tert-OH is 1. The molecule has 4 nitrogen and oxygen atoms in total. The van der Waals surface area contributed by atoms with Crippen molar-refractivity contribution >= 4 is 16.4 Å². The van der Waals surface area contributed by atoms with Gasteiger partial charge in [-0.15, -0.1) is 5.54 Å². The SMILES string of the molecule is CC(C)[Si](C#CC(C)(O)C(CO)OO[Si](C(C)C)(C(C)C)C(C)C)(C(C)C)C(C)C. The Morgan fingerprint density at radius 2 is 1.10 bits per heavy atom. The molecular weight excluding hydrogens is 408 g/mol. The summed E-state index contributed by atoms with van der Waals surface area (Å²) in [6.07, 6.45) is -0.911. The van der Waals surface area contributed by atoms with E-state index in [-0.39, 0.29) is 6.61 Å². The largest absolute Gasteiger partial charge is 0.393 e. The monoisotopic (exact) mass is 458 g/mol. The van der Waals surface area contributed by atoms with Crippen molar-refractivity contribution in [1.29, 1.82) is 0 Å². The molecule has 2 atom stereocenters. The van der Waals surface area contributed by atoms with E-state index in [1.165, 1.54) is 0 Å². The van der Waals surface area contributed by atoms with Crippen molar-refractivity contribution in [2.45, 2.75) is 135 Å². The topological polar surface area (TPSA) is 58.9 Å². The minimum atomic E-state index is -2.28. The van der Waals surface area contributed by atoms with Crippen LogP contribution in [0.15, 0.2) is 0 Å². The van der Waals surface area contributed by atoms with Gasteiger partial charge in [0.05, 0.1) is 6.61 Å². The fourth-order valence-corrected chi connectivity index (χ4v) is 15.7. The van der Waals surface area contributed by atoms with E-state index in [9.17, 15) is 10.2 Å². The summed E-state index contributed by atoms with van der Waals surface area (Å²) in [6, 6.07) is 0. The highest BCUT2D eigenvalue weighted by atomic mass is 28.4. The molecule has 6 heteroatoms. The first kappa shape index (κ1) is 29.8. The van der Waals surface area contributed by atoms with Crippen molar-refractivity contribution in [2.75, 3.05) is 6.61 Å². The minimum Gasteiger partial charge on any atom is -0.393 e. The summed E-state index contributed by atoms with van der Waals surface area (Å²) >= 11 is 0. The van der Waals surface area contributed by atoms with Crippen LogP contribution in [0, 0.1) is 11.5 Å². The standard InChI is InChI=1S/C24H50O4Si2/c1-17(2)29(18(3)4,19(5)6)15-14-24(13,26)23(16-25)27-28-30(20(7)8,21(9)10)22(11)12/h17-23,25-26H,16H2,1-13H3. The number of hydrogen-bond donors (Lipinski definition) is 2. The predicted octanol–water partition coefficient (Wildman–Crippen LogP) is 6.44. The van der Waals surface area contributed by atoms with Crippen LogP contribution < -0.4 is 0 Å². The van der Waals surface area contributed by atoms with Crippen LogP contribution in [0.3, 0.4) is 0 Å². The van der Waals surface area contributed by atoms with Crippen LogP contribution in [-0.4, -0.2) is 44.9 Å². The number of hydrogen-bond acceptors (Lipinski definition) is 4. The van der Waals surface area contributed by atoms with Crippen molar-refractivity contribution in [3.8, 4) is 11.5 Å². The van der Waals surface area contributed by atoms with Crippen LogP contribution in [0.1, 0.15) is 90.0 Å². The molecule has 0 aromatic carbocycles. The zero-order chi connectivity index (χ0) is 24.1. The van der Waals surface area contributed by atoms with Gasteiger partial charge < -0.3 is 10.2 Å². The van der Waals surface area contributed by atoms with Crippen molar-refractivity contribution in [1.82, 2.24) is 0 Å². The number of rotatable bonds is 11. The molecule has 0 saturated heterocycles. The van der Waals surface area contributed by atoms with E-state index in [2.05, 4.69) is 94.5 Å². The summed E-state index contributed by atoms with van der Waals surface area (Å²) in [7, 11) is -4.28. The van der Waals surface area contributed by atoms with Crippen molar-refractivity contribution < 1.29 is 19.7 Å². The van der Waals surface area contributed by atoms with Crippen LogP contribution in [0.5, 0.6) is 0 Å². The first-order valence-electron chi connectivity index (χ1n) is 11.8. The molecule has 0 saturated carbocycles. The molecular formula is C24H50O4Si2. The average Bonchev–Trinajstić information content (AvgIpc) is 2.56. The van der Waals surface area contributed by atoms with Crippen LogP contribution in [0.2, 0.25) is 33.2 Å². The zero-order valence-corrected chi connectivity index (χ0v) is 24.0. The third kappa shape index (κ3) is 6.20. The van der Waals surface area contributed by atoms with Gasteiger partial charge in [0, 0.05) is 0 Å². The predicted molar refractivity (Wildman–Crippen MR) is 134 cm³/mol. The molecule has 0 fully saturated rings. The van der Waals surface area contributed by atoms with Crippen molar-refractivity contribution in [3.05, 3.63) is 0 Å². The quantitative estimate of drug-likeness (QED) is 0.162. The van der Waals surface area contributed by atoms with Gasteiger partial charge in [0.25, 0.3) is 0 Å². The van der Waals surface area contributed by atoms with Gasteiger partial charge in [-0.2, -0.15) is 0 Å². The molecule has 0 aromatic heterocycles. The van der Waals surface area contributed by atoms with Gasteiger partial charge in [0.1, 0.15) is 8.07 Å². The van der Waals surface area contributed by atoms with Gasteiger partial charge in [0.2, 0.25) is 8.32 Å². The molecule has 2 N–H and O–H groups in total. The maximum absolute atomic E-state index is 11.2. The molecule has 0 bridgehead atoms. The fourth-order valence-electron chi connectivity index (χ4n) is 5.48. The van der Waals surface area contributed by atoms with Gasteiger partial charge in [-0.25, -0.2) is 4.89 Å². The molecule has 30 heavy (non-hydrogen) atoms. The Balaban J connectivity index is 5.97. The lowest BCUT2D eigenvalue weighted by atomic mass is 10.0. The lowest BCUT2D eigenvalue weighted by Crippen LogP contribution is -2.52. The highest BCUT2D eigenvalue weighted by Gasteiger charge is 2.48. The van der Waals surface area contributed by atoms with Gasteiger partial charge in [-0.05, 0) is 40.2 Å². The Morgan fingerprint density at radius 3 is 1.37 bits per heavy atom. The van der Waals surface area contributed by atoms with E-state index < -0.39 is 28.1 Å². The minimum absolute atomic E-state index is 0.343. The summed E-state index contributed by atoms with van der Waals surface area (Å²) in [5.41, 5.74) is 4.49. The van der Waals surface area contributed by atoms with Crippen LogP contribution >= 0.6 is 0 Å². The van der Waals surface area contributed by atoms with Gasteiger partial charge in [-0.3, -0.25) is 4.58 Å². The van der Waals surface area contributed by atoms with Gasteiger partial charge in [-0.1, -0.05) is 89.0 Å². The van der Waals surface area contributed by atoms with Gasteiger partial charge in [0.15, 0.2) is 11.7 Å². The zero-order valence-electron chi connectivity index (χ0n) is 22.0. The van der Waals surface area contributed by atoms with Gasteiger partial charge >= 0.3 is 0 Å². The van der Waals surface area contributed by atoms with E-state index in [0.717, 1.165) is 0 Å². The first-order chi connectivity index (χ1) is 13.5. The fraction of sp³-hybridized carbons (Fsp3) is 0.917. The summed E-state index contributed by atoms with van der Waals surface area (Å²) < 4.78 is 6.19. The molecule has 2 unspecified atom stereocenters. The Bertz CT molecular complexity index is 528. The molecule has 0 aromatic rings. The van der Waals surface area contributed by atoms with E-state index in [0.29, 0.717) is 33.2 Å². The maximum atomic E-state index is 11.2. The molecule has 0 heterocycles. The molecule has 0 aliphatic carbocycles. The molecule has 0 rings (SSSR count). The highest BCUT2D eigenvalue weighted by Crippen LogP contribution is 2.43. The third-order valence-electron chi connectivity index (χ3n) is 7.21. The Kier molecular flexibility index (Phi) is 11.6. The van der Waals surface area contributed by atoms with E-state index in [4.69, 9.17) is 9.46 Å². The first-order valence-corrected chi connectivity index (χ1v) is 16.1. The summed E-state index contributed by atoms with van der Waals surface area (Å²) in [5, 5.41) is 21.2. The Labute approximate surface area is 189 Å². The smallest absolute Gasteiger partial charge is 0.246 e. The molecule has 0 amide bonds.